The van der Waals surface area contributed by atoms with Gasteiger partial charge in [0, 0.05) is 16.9 Å². The Morgan fingerprint density at radius 1 is 1.35 bits per heavy atom. The Balaban J connectivity index is 2.16. The van der Waals surface area contributed by atoms with Crippen molar-refractivity contribution < 1.29 is 5.11 Å². The normalized spacial score (nSPS) is 12.8. The van der Waals surface area contributed by atoms with Gasteiger partial charge in [0.05, 0.1) is 28.1 Å². The van der Waals surface area contributed by atoms with Crippen LogP contribution in [0.25, 0.3) is 10.9 Å². The molecule has 0 radical (unpaired) electrons. The molecule has 6 heteroatoms. The Hall–Kier alpha value is -1.43. The van der Waals surface area contributed by atoms with Gasteiger partial charge in [-0.05, 0) is 28.1 Å². The van der Waals surface area contributed by atoms with Gasteiger partial charge in [-0.25, -0.2) is 4.98 Å². The number of nitrogens with zero attached hydrogens (tertiary/aromatic N) is 3. The first kappa shape index (κ1) is 13.5. The van der Waals surface area contributed by atoms with Crippen LogP contribution in [0.15, 0.2) is 41.0 Å². The van der Waals surface area contributed by atoms with Crippen LogP contribution in [-0.4, -0.2) is 19.9 Å². The monoisotopic (exact) mass is 351 g/mol. The maximum atomic E-state index is 10.5. The van der Waals surface area contributed by atoms with E-state index in [1.54, 1.807) is 11.7 Å². The summed E-state index contributed by atoms with van der Waals surface area (Å²) in [4.78, 5) is 4.52. The first-order valence-corrected chi connectivity index (χ1v) is 7.15. The van der Waals surface area contributed by atoms with Crippen molar-refractivity contribution in [3.63, 3.8) is 0 Å². The van der Waals surface area contributed by atoms with Crippen LogP contribution >= 0.6 is 27.5 Å². The van der Waals surface area contributed by atoms with Gasteiger partial charge in [-0.1, -0.05) is 29.8 Å². The molecule has 0 bridgehead atoms. The van der Waals surface area contributed by atoms with Crippen LogP contribution in [0.2, 0.25) is 5.02 Å². The van der Waals surface area contributed by atoms with Gasteiger partial charge in [0.25, 0.3) is 0 Å². The third-order valence-corrected chi connectivity index (χ3v) is 4.09. The van der Waals surface area contributed by atoms with Crippen molar-refractivity contribution in [1.29, 1.82) is 0 Å². The van der Waals surface area contributed by atoms with Crippen molar-refractivity contribution in [2.45, 2.75) is 6.10 Å². The lowest BCUT2D eigenvalue weighted by molar-refractivity contribution is 0.204. The summed E-state index contributed by atoms with van der Waals surface area (Å²) in [6.45, 7) is 0. The van der Waals surface area contributed by atoms with Crippen molar-refractivity contribution in [2.24, 2.45) is 7.05 Å². The summed E-state index contributed by atoms with van der Waals surface area (Å²) >= 11 is 9.53. The van der Waals surface area contributed by atoms with Crippen molar-refractivity contribution in [3.05, 3.63) is 57.4 Å². The number of pyridine rings is 1. The van der Waals surface area contributed by atoms with Crippen LogP contribution in [0.5, 0.6) is 0 Å². The summed E-state index contributed by atoms with van der Waals surface area (Å²) in [6, 6.07) is 9.68. The van der Waals surface area contributed by atoms with Gasteiger partial charge >= 0.3 is 0 Å². The summed E-state index contributed by atoms with van der Waals surface area (Å²) in [7, 11) is 1.74. The molecule has 0 amide bonds. The van der Waals surface area contributed by atoms with Gasteiger partial charge < -0.3 is 5.11 Å². The fraction of sp³-hybridized carbons (Fsp3) is 0.143. The second-order valence-corrected chi connectivity index (χ2v) is 5.71. The molecule has 1 unspecified atom stereocenters. The van der Waals surface area contributed by atoms with Crippen LogP contribution in [-0.2, 0) is 7.05 Å². The van der Waals surface area contributed by atoms with Crippen molar-refractivity contribution in [2.75, 3.05) is 0 Å². The number of aryl methyl sites for hydroxylation is 1. The first-order chi connectivity index (χ1) is 9.58. The number of hydrogen-bond acceptors (Lipinski definition) is 3. The number of aromatic nitrogens is 3. The molecule has 2 aromatic heterocycles. The standard InChI is InChI=1S/C14H11BrClN3O/c1-19-13(10(16)7-17-19)14(20)12-9(15)6-8-4-2-3-5-11(8)18-12/h2-7,14,20H,1H3. The van der Waals surface area contributed by atoms with E-state index in [4.69, 9.17) is 11.6 Å². The Morgan fingerprint density at radius 2 is 2.10 bits per heavy atom. The van der Waals surface area contributed by atoms with Gasteiger partial charge in [-0.15, -0.1) is 0 Å². The molecule has 0 spiro atoms. The first-order valence-electron chi connectivity index (χ1n) is 5.98. The zero-order valence-electron chi connectivity index (χ0n) is 10.6. The lowest BCUT2D eigenvalue weighted by Crippen LogP contribution is -2.09. The molecule has 102 valence electrons. The van der Waals surface area contributed by atoms with E-state index in [0.717, 1.165) is 15.4 Å². The average Bonchev–Trinajstić information content (AvgIpc) is 2.76. The van der Waals surface area contributed by atoms with Gasteiger partial charge in [0.1, 0.15) is 6.10 Å². The summed E-state index contributed by atoms with van der Waals surface area (Å²) in [6.07, 6.45) is 0.573. The second kappa shape index (κ2) is 5.16. The van der Waals surface area contributed by atoms with E-state index in [1.807, 2.05) is 30.3 Å². The molecular weight excluding hydrogens is 342 g/mol. The minimum Gasteiger partial charge on any atom is -0.380 e. The second-order valence-electron chi connectivity index (χ2n) is 4.45. The number of fused-ring (bicyclic) bond motifs is 1. The van der Waals surface area contributed by atoms with E-state index in [2.05, 4.69) is 26.0 Å². The smallest absolute Gasteiger partial charge is 0.140 e. The highest BCUT2D eigenvalue weighted by Crippen LogP contribution is 2.32. The Morgan fingerprint density at radius 3 is 2.80 bits per heavy atom. The van der Waals surface area contributed by atoms with Crippen LogP contribution < -0.4 is 0 Å². The van der Waals surface area contributed by atoms with Crippen molar-refractivity contribution >= 4 is 38.4 Å². The number of benzene rings is 1. The minimum atomic E-state index is -0.936. The van der Waals surface area contributed by atoms with Crippen LogP contribution in [0.4, 0.5) is 0 Å². The zero-order valence-corrected chi connectivity index (χ0v) is 12.9. The number of aliphatic hydroxyl groups is 1. The number of aliphatic hydroxyl groups excluding tert-OH is 1. The van der Waals surface area contributed by atoms with E-state index in [9.17, 15) is 5.11 Å². The molecule has 3 aromatic rings. The molecule has 0 saturated carbocycles. The Labute approximate surface area is 129 Å². The Bertz CT molecular complexity index is 768. The van der Waals surface area contributed by atoms with E-state index < -0.39 is 6.10 Å². The fourth-order valence-corrected chi connectivity index (χ4v) is 2.98. The molecule has 0 saturated heterocycles. The van der Waals surface area contributed by atoms with E-state index in [-0.39, 0.29) is 0 Å². The van der Waals surface area contributed by atoms with Gasteiger partial charge in [-0.2, -0.15) is 5.10 Å². The largest absolute Gasteiger partial charge is 0.380 e. The maximum absolute atomic E-state index is 10.5. The third-order valence-electron chi connectivity index (χ3n) is 3.16. The molecule has 0 fully saturated rings. The molecule has 3 rings (SSSR count). The topological polar surface area (TPSA) is 50.9 Å². The summed E-state index contributed by atoms with van der Waals surface area (Å²) in [5.41, 5.74) is 1.87. The predicted molar refractivity (Wildman–Crippen MR) is 81.7 cm³/mol. The average molecular weight is 353 g/mol. The SMILES string of the molecule is Cn1ncc(Cl)c1C(O)c1nc2ccccc2cc1Br. The number of para-hydroxylation sites is 1. The molecule has 1 N–H and O–H groups in total. The third kappa shape index (κ3) is 2.22. The van der Waals surface area contributed by atoms with Gasteiger partial charge in [0.2, 0.25) is 0 Å². The van der Waals surface area contributed by atoms with E-state index in [0.29, 0.717) is 16.4 Å². The molecule has 0 aliphatic heterocycles. The molecule has 2 heterocycles. The molecule has 20 heavy (non-hydrogen) atoms. The van der Waals surface area contributed by atoms with Gasteiger partial charge in [-0.3, -0.25) is 4.68 Å². The van der Waals surface area contributed by atoms with Crippen molar-refractivity contribution in [1.82, 2.24) is 14.8 Å². The highest BCUT2D eigenvalue weighted by Gasteiger charge is 2.22. The summed E-state index contributed by atoms with van der Waals surface area (Å²) in [5, 5.41) is 16.0. The molecular formula is C14H11BrClN3O. The minimum absolute atomic E-state index is 0.418. The number of halogens is 2. The van der Waals surface area contributed by atoms with Crippen LogP contribution in [0.3, 0.4) is 0 Å². The summed E-state index contributed by atoms with van der Waals surface area (Å²) < 4.78 is 2.29. The molecule has 1 atom stereocenters. The van der Waals surface area contributed by atoms with Crippen LogP contribution in [0.1, 0.15) is 17.5 Å². The lowest BCUT2D eigenvalue weighted by atomic mass is 10.1. The predicted octanol–water partition coefficient (Wildman–Crippen LogP) is 3.47. The molecule has 0 aliphatic rings. The lowest BCUT2D eigenvalue weighted by Gasteiger charge is -2.14. The molecule has 4 nitrogen and oxygen atoms in total. The van der Waals surface area contributed by atoms with E-state index in [1.165, 1.54) is 6.20 Å². The Kier molecular flexibility index (Phi) is 3.50. The fourth-order valence-electron chi connectivity index (χ4n) is 2.15. The van der Waals surface area contributed by atoms with Gasteiger partial charge in [0.15, 0.2) is 0 Å². The highest BCUT2D eigenvalue weighted by atomic mass is 79.9. The quantitative estimate of drug-likeness (QED) is 0.768. The maximum Gasteiger partial charge on any atom is 0.140 e. The van der Waals surface area contributed by atoms with Crippen LogP contribution in [0, 0.1) is 0 Å². The highest BCUT2D eigenvalue weighted by molar-refractivity contribution is 9.10. The van der Waals surface area contributed by atoms with Crippen molar-refractivity contribution in [3.8, 4) is 0 Å². The summed E-state index contributed by atoms with van der Waals surface area (Å²) in [5.74, 6) is 0. The molecule has 0 aliphatic carbocycles. The molecule has 1 aromatic carbocycles. The number of rotatable bonds is 2. The van der Waals surface area contributed by atoms with E-state index >= 15 is 0 Å². The zero-order chi connectivity index (χ0) is 14.3. The number of hydrogen-bond donors (Lipinski definition) is 1.